The van der Waals surface area contributed by atoms with Crippen molar-refractivity contribution in [2.24, 2.45) is 0 Å². The first-order valence-electron chi connectivity index (χ1n) is 4.82. The predicted octanol–water partition coefficient (Wildman–Crippen LogP) is 5.13. The summed E-state index contributed by atoms with van der Waals surface area (Å²) in [6.07, 6.45) is 0.714. The molecule has 0 saturated heterocycles. The molecule has 2 rings (SSSR count). The molecule has 0 spiro atoms. The van der Waals surface area contributed by atoms with E-state index in [-0.39, 0.29) is 0 Å². The van der Waals surface area contributed by atoms with Crippen molar-refractivity contribution >= 4 is 41.1 Å². The van der Waals surface area contributed by atoms with Crippen LogP contribution in [-0.4, -0.2) is 6.29 Å². The molecule has 0 N–H and O–H groups in total. The third kappa shape index (κ3) is 2.63. The second kappa shape index (κ2) is 5.09. The zero-order valence-corrected chi connectivity index (χ0v) is 10.9. The van der Waals surface area contributed by atoms with E-state index in [4.69, 9.17) is 34.8 Å². The van der Waals surface area contributed by atoms with Gasteiger partial charge in [0.15, 0.2) is 6.29 Å². The molecule has 0 saturated carbocycles. The van der Waals surface area contributed by atoms with Gasteiger partial charge in [0.25, 0.3) is 0 Å². The number of carbonyl (C=O) groups is 1. The van der Waals surface area contributed by atoms with Gasteiger partial charge in [-0.1, -0.05) is 40.9 Å². The first-order valence-corrected chi connectivity index (χ1v) is 5.95. The van der Waals surface area contributed by atoms with Crippen molar-refractivity contribution in [3.63, 3.8) is 0 Å². The molecular weight excluding hydrogens is 279 g/mol. The van der Waals surface area contributed by atoms with Crippen LogP contribution in [0.4, 0.5) is 0 Å². The zero-order chi connectivity index (χ0) is 12.4. The van der Waals surface area contributed by atoms with Crippen LogP contribution in [0.1, 0.15) is 10.4 Å². The van der Waals surface area contributed by atoms with Crippen molar-refractivity contribution in [2.45, 2.75) is 0 Å². The van der Waals surface area contributed by atoms with Gasteiger partial charge in [0.2, 0.25) is 0 Å². The molecule has 2 aromatic rings. The summed E-state index contributed by atoms with van der Waals surface area (Å²) in [5.41, 5.74) is 2.07. The number of halogens is 3. The molecule has 2 aromatic carbocycles. The lowest BCUT2D eigenvalue weighted by atomic mass is 10.0. The van der Waals surface area contributed by atoms with E-state index in [0.29, 0.717) is 26.9 Å². The van der Waals surface area contributed by atoms with Crippen LogP contribution < -0.4 is 0 Å². The summed E-state index contributed by atoms with van der Waals surface area (Å²) in [6, 6.07) is 10.3. The molecule has 86 valence electrons. The number of aldehydes is 1. The van der Waals surface area contributed by atoms with Gasteiger partial charge in [-0.25, -0.2) is 0 Å². The van der Waals surface area contributed by atoms with E-state index in [1.807, 2.05) is 0 Å². The largest absolute Gasteiger partial charge is 0.298 e. The highest BCUT2D eigenvalue weighted by atomic mass is 35.5. The molecular formula is C13H7Cl3O. The number of rotatable bonds is 2. The van der Waals surface area contributed by atoms with Gasteiger partial charge < -0.3 is 0 Å². The zero-order valence-electron chi connectivity index (χ0n) is 8.58. The normalized spacial score (nSPS) is 10.3. The summed E-state index contributed by atoms with van der Waals surface area (Å²) in [7, 11) is 0. The van der Waals surface area contributed by atoms with Crippen molar-refractivity contribution in [3.05, 3.63) is 57.0 Å². The maximum absolute atomic E-state index is 10.7. The van der Waals surface area contributed by atoms with Crippen LogP contribution in [0, 0.1) is 0 Å². The van der Waals surface area contributed by atoms with Crippen molar-refractivity contribution in [3.8, 4) is 11.1 Å². The molecule has 0 aliphatic heterocycles. The van der Waals surface area contributed by atoms with Crippen molar-refractivity contribution in [2.75, 3.05) is 0 Å². The number of hydrogen-bond donors (Lipinski definition) is 0. The van der Waals surface area contributed by atoms with Crippen molar-refractivity contribution in [1.29, 1.82) is 0 Å². The number of carbonyl (C=O) groups excluding carboxylic acids is 1. The fourth-order valence-electron chi connectivity index (χ4n) is 1.51. The van der Waals surface area contributed by atoms with E-state index < -0.39 is 0 Å². The molecule has 0 radical (unpaired) electrons. The van der Waals surface area contributed by atoms with Crippen molar-refractivity contribution in [1.82, 2.24) is 0 Å². The third-order valence-corrected chi connectivity index (χ3v) is 3.26. The molecule has 0 aromatic heterocycles. The maximum atomic E-state index is 10.7. The lowest BCUT2D eigenvalue weighted by Gasteiger charge is -2.06. The molecule has 0 amide bonds. The first-order chi connectivity index (χ1) is 8.11. The molecule has 0 aliphatic carbocycles. The Morgan fingerprint density at radius 3 is 2.29 bits per heavy atom. The molecule has 0 bridgehead atoms. The average molecular weight is 286 g/mol. The number of hydrogen-bond acceptors (Lipinski definition) is 1. The minimum absolute atomic E-state index is 0.397. The molecule has 0 fully saturated rings. The van der Waals surface area contributed by atoms with Gasteiger partial charge in [0, 0.05) is 21.2 Å². The lowest BCUT2D eigenvalue weighted by Crippen LogP contribution is -1.85. The van der Waals surface area contributed by atoms with Gasteiger partial charge >= 0.3 is 0 Å². The van der Waals surface area contributed by atoms with E-state index in [2.05, 4.69) is 0 Å². The second-order valence-electron chi connectivity index (χ2n) is 3.48. The summed E-state index contributed by atoms with van der Waals surface area (Å²) in [5, 5.41) is 1.58. The van der Waals surface area contributed by atoms with Crippen LogP contribution in [-0.2, 0) is 0 Å². The Morgan fingerprint density at radius 2 is 1.65 bits per heavy atom. The van der Waals surface area contributed by atoms with E-state index in [1.165, 1.54) is 0 Å². The Hall–Kier alpha value is -1.02. The van der Waals surface area contributed by atoms with Crippen LogP contribution in [0.3, 0.4) is 0 Å². The highest BCUT2D eigenvalue weighted by Gasteiger charge is 2.07. The SMILES string of the molecule is O=Cc1ccc(-c2cc(Cl)ccc2Cl)cc1Cl. The highest BCUT2D eigenvalue weighted by molar-refractivity contribution is 6.36. The van der Waals surface area contributed by atoms with Crippen LogP contribution in [0.25, 0.3) is 11.1 Å². The molecule has 1 nitrogen and oxygen atoms in total. The molecule has 0 unspecified atom stereocenters. The molecule has 0 aliphatic rings. The Bertz CT molecular complexity index is 579. The second-order valence-corrected chi connectivity index (χ2v) is 4.73. The molecule has 0 atom stereocenters. The molecule has 17 heavy (non-hydrogen) atoms. The van der Waals surface area contributed by atoms with Gasteiger partial charge in [-0.15, -0.1) is 0 Å². The van der Waals surface area contributed by atoms with Gasteiger partial charge in [-0.2, -0.15) is 0 Å². The third-order valence-electron chi connectivity index (χ3n) is 2.37. The van der Waals surface area contributed by atoms with Crippen LogP contribution in [0.2, 0.25) is 15.1 Å². The molecule has 4 heteroatoms. The topological polar surface area (TPSA) is 17.1 Å². The fraction of sp³-hybridized carbons (Fsp3) is 0. The van der Waals surface area contributed by atoms with Gasteiger partial charge in [-0.05, 0) is 35.9 Å². The van der Waals surface area contributed by atoms with Gasteiger partial charge in [0.05, 0.1) is 5.02 Å². The summed E-state index contributed by atoms with van der Waals surface area (Å²) >= 11 is 18.0. The maximum Gasteiger partial charge on any atom is 0.151 e. The summed E-state index contributed by atoms with van der Waals surface area (Å²) in [4.78, 5) is 10.7. The van der Waals surface area contributed by atoms with Crippen molar-refractivity contribution < 1.29 is 4.79 Å². The fourth-order valence-corrected chi connectivity index (χ4v) is 2.13. The highest BCUT2D eigenvalue weighted by Crippen LogP contribution is 2.32. The molecule has 0 heterocycles. The van der Waals surface area contributed by atoms with E-state index in [9.17, 15) is 4.79 Å². The van der Waals surface area contributed by atoms with Gasteiger partial charge in [-0.3, -0.25) is 4.79 Å². The summed E-state index contributed by atoms with van der Waals surface area (Å²) in [5.74, 6) is 0. The monoisotopic (exact) mass is 284 g/mol. The summed E-state index contributed by atoms with van der Waals surface area (Å²) < 4.78 is 0. The van der Waals surface area contributed by atoms with Gasteiger partial charge in [0.1, 0.15) is 0 Å². The predicted molar refractivity (Wildman–Crippen MR) is 72.3 cm³/mol. The van der Waals surface area contributed by atoms with Crippen LogP contribution in [0.15, 0.2) is 36.4 Å². The smallest absolute Gasteiger partial charge is 0.151 e. The Labute approximate surface area is 114 Å². The summed E-state index contributed by atoms with van der Waals surface area (Å²) in [6.45, 7) is 0. The number of benzene rings is 2. The standard InChI is InChI=1S/C13H7Cl3O/c14-10-3-4-12(15)11(6-10)8-1-2-9(7-17)13(16)5-8/h1-7H. The van der Waals surface area contributed by atoms with E-state index >= 15 is 0 Å². The quantitative estimate of drug-likeness (QED) is 0.699. The van der Waals surface area contributed by atoms with E-state index in [0.717, 1.165) is 11.1 Å². The van der Waals surface area contributed by atoms with Crippen LogP contribution in [0.5, 0.6) is 0 Å². The van der Waals surface area contributed by atoms with E-state index in [1.54, 1.807) is 36.4 Å². The minimum Gasteiger partial charge on any atom is -0.298 e. The minimum atomic E-state index is 0.397. The average Bonchev–Trinajstić information content (AvgIpc) is 2.32. The lowest BCUT2D eigenvalue weighted by molar-refractivity contribution is 0.112. The first kappa shape index (κ1) is 12.4. The Morgan fingerprint density at radius 1 is 0.882 bits per heavy atom. The Kier molecular flexibility index (Phi) is 3.72. The van der Waals surface area contributed by atoms with Crippen LogP contribution >= 0.6 is 34.8 Å². The Balaban J connectivity index is 2.57.